The molecule has 0 fully saturated rings. The maximum atomic E-state index is 6.22. The molecule has 27 heavy (non-hydrogen) atoms. The van der Waals surface area contributed by atoms with Crippen molar-refractivity contribution in [1.29, 1.82) is 0 Å². The molecule has 0 N–H and O–H groups in total. The Balaban J connectivity index is 1.60. The molecule has 0 radical (unpaired) electrons. The van der Waals surface area contributed by atoms with Crippen LogP contribution in [-0.2, 0) is 0 Å². The molecule has 8 heteroatoms. The summed E-state index contributed by atoms with van der Waals surface area (Å²) in [6, 6.07) is 17.3. The Labute approximate surface area is 163 Å². The molecule has 0 spiro atoms. The average Bonchev–Trinajstić information content (AvgIpc) is 3.28. The number of aromatic nitrogens is 5. The summed E-state index contributed by atoms with van der Waals surface area (Å²) in [7, 11) is 0. The summed E-state index contributed by atoms with van der Waals surface area (Å²) in [5, 5.41) is 15.5. The second-order valence-corrected chi connectivity index (χ2v) is 7.29. The van der Waals surface area contributed by atoms with Gasteiger partial charge in [-0.05, 0) is 36.9 Å². The van der Waals surface area contributed by atoms with Crippen LogP contribution >= 0.6 is 23.4 Å². The predicted molar refractivity (Wildman–Crippen MR) is 104 cm³/mol. The van der Waals surface area contributed by atoms with Gasteiger partial charge in [-0.1, -0.05) is 41.9 Å². The van der Waals surface area contributed by atoms with Crippen molar-refractivity contribution in [1.82, 2.24) is 24.8 Å². The molecule has 0 aliphatic rings. The van der Waals surface area contributed by atoms with E-state index in [4.69, 9.17) is 21.0 Å². The summed E-state index contributed by atoms with van der Waals surface area (Å²) in [6.45, 7) is 1.95. The molecule has 3 heterocycles. The molecule has 0 bridgehead atoms. The minimum absolute atomic E-state index is 0.383. The highest BCUT2D eigenvalue weighted by molar-refractivity contribution is 7.99. The summed E-state index contributed by atoms with van der Waals surface area (Å²) >= 11 is 7.54. The van der Waals surface area contributed by atoms with E-state index in [0.29, 0.717) is 21.7 Å². The van der Waals surface area contributed by atoms with Crippen molar-refractivity contribution in [3.05, 3.63) is 65.3 Å². The highest BCUT2D eigenvalue weighted by Gasteiger charge is 2.16. The van der Waals surface area contributed by atoms with Gasteiger partial charge in [0.2, 0.25) is 5.89 Å². The number of hydrogen-bond acceptors (Lipinski definition) is 6. The molecule has 2 aromatic carbocycles. The molecule has 0 saturated carbocycles. The van der Waals surface area contributed by atoms with Gasteiger partial charge in [0, 0.05) is 11.5 Å². The van der Waals surface area contributed by atoms with Crippen LogP contribution < -0.4 is 0 Å². The summed E-state index contributed by atoms with van der Waals surface area (Å²) in [5.74, 6) is 0.383. The van der Waals surface area contributed by atoms with Gasteiger partial charge in [-0.2, -0.15) is 5.10 Å². The number of benzene rings is 2. The number of aryl methyl sites for hydroxylation is 1. The van der Waals surface area contributed by atoms with Gasteiger partial charge in [0.15, 0.2) is 5.65 Å². The molecule has 5 rings (SSSR count). The van der Waals surface area contributed by atoms with Crippen LogP contribution in [-0.4, -0.2) is 24.8 Å². The molecule has 0 aliphatic carbocycles. The maximum Gasteiger partial charge on any atom is 0.283 e. The van der Waals surface area contributed by atoms with E-state index in [1.54, 1.807) is 6.07 Å². The number of halogens is 1. The monoisotopic (exact) mass is 393 g/mol. The lowest BCUT2D eigenvalue weighted by molar-refractivity contribution is 0.466. The van der Waals surface area contributed by atoms with Crippen LogP contribution in [0.2, 0.25) is 5.02 Å². The molecule has 0 aliphatic heterocycles. The van der Waals surface area contributed by atoms with Crippen LogP contribution in [0.5, 0.6) is 0 Å². The third-order valence-corrected chi connectivity index (χ3v) is 5.26. The fraction of sp³-hybridized carbons (Fsp3) is 0.0526. The van der Waals surface area contributed by atoms with E-state index in [0.717, 1.165) is 27.3 Å². The highest BCUT2D eigenvalue weighted by Crippen LogP contribution is 2.34. The molecular weight excluding hydrogens is 382 g/mol. The van der Waals surface area contributed by atoms with Gasteiger partial charge < -0.3 is 4.42 Å². The summed E-state index contributed by atoms with van der Waals surface area (Å²) in [6.07, 6.45) is 0. The quantitative estimate of drug-likeness (QED) is 0.400. The topological polar surface area (TPSA) is 69.1 Å². The Morgan fingerprint density at radius 3 is 2.74 bits per heavy atom. The molecule has 0 saturated heterocycles. The zero-order valence-corrected chi connectivity index (χ0v) is 15.7. The van der Waals surface area contributed by atoms with Crippen molar-refractivity contribution in [3.8, 4) is 11.5 Å². The van der Waals surface area contributed by atoms with Crippen molar-refractivity contribution in [3.63, 3.8) is 0 Å². The van der Waals surface area contributed by atoms with Gasteiger partial charge in [-0.25, -0.2) is 9.50 Å². The van der Waals surface area contributed by atoms with Crippen molar-refractivity contribution in [2.45, 2.75) is 17.2 Å². The zero-order valence-electron chi connectivity index (χ0n) is 14.1. The van der Waals surface area contributed by atoms with Crippen LogP contribution in [0.3, 0.4) is 0 Å². The second-order valence-electron chi connectivity index (χ2n) is 5.94. The minimum Gasteiger partial charge on any atom is -0.411 e. The van der Waals surface area contributed by atoms with E-state index in [1.165, 1.54) is 11.8 Å². The smallest absolute Gasteiger partial charge is 0.283 e. The van der Waals surface area contributed by atoms with E-state index >= 15 is 0 Å². The first kappa shape index (κ1) is 16.3. The third-order valence-electron chi connectivity index (χ3n) is 4.09. The molecule has 5 aromatic rings. The molecule has 0 unspecified atom stereocenters. The predicted octanol–water partition coefficient (Wildman–Crippen LogP) is 5.05. The standard InChI is InChI=1S/C19H12ClN5OS/c1-11-10-16-21-18(13-7-3-5-9-15(13)25(16)24-11)27-19-23-22-17(26-19)12-6-2-4-8-14(12)20/h2-10H,1H3. The second kappa shape index (κ2) is 6.37. The van der Waals surface area contributed by atoms with Crippen LogP contribution in [0, 0.1) is 6.92 Å². The van der Waals surface area contributed by atoms with Gasteiger partial charge in [0.1, 0.15) is 5.03 Å². The van der Waals surface area contributed by atoms with E-state index in [-0.39, 0.29) is 0 Å². The summed E-state index contributed by atoms with van der Waals surface area (Å²) in [4.78, 5) is 4.73. The van der Waals surface area contributed by atoms with Gasteiger partial charge in [-0.15, -0.1) is 10.2 Å². The van der Waals surface area contributed by atoms with E-state index in [1.807, 2.05) is 60.0 Å². The fourth-order valence-corrected chi connectivity index (χ4v) is 3.91. The van der Waals surface area contributed by atoms with E-state index in [9.17, 15) is 0 Å². The molecule has 0 amide bonds. The zero-order chi connectivity index (χ0) is 18.4. The normalized spacial score (nSPS) is 11.5. The van der Waals surface area contributed by atoms with E-state index in [2.05, 4.69) is 15.3 Å². The molecule has 6 nitrogen and oxygen atoms in total. The Bertz CT molecular complexity index is 1300. The van der Waals surface area contributed by atoms with Crippen molar-refractivity contribution < 1.29 is 4.42 Å². The molecule has 0 atom stereocenters. The number of rotatable bonds is 3. The largest absolute Gasteiger partial charge is 0.411 e. The first-order valence-electron chi connectivity index (χ1n) is 8.20. The first-order chi connectivity index (χ1) is 13.2. The SMILES string of the molecule is Cc1cc2nc(Sc3nnc(-c4ccccc4Cl)o3)c3ccccc3n2n1. The molecular formula is C19H12ClN5OS. The Morgan fingerprint density at radius 1 is 1.04 bits per heavy atom. The summed E-state index contributed by atoms with van der Waals surface area (Å²) in [5.41, 5.74) is 3.37. The number of nitrogens with zero attached hydrogens (tertiary/aromatic N) is 5. The number of para-hydroxylation sites is 1. The average molecular weight is 394 g/mol. The van der Waals surface area contributed by atoms with Crippen molar-refractivity contribution in [2.75, 3.05) is 0 Å². The Kier molecular flexibility index (Phi) is 3.84. The van der Waals surface area contributed by atoms with Gasteiger partial charge in [-0.3, -0.25) is 0 Å². The Morgan fingerprint density at radius 2 is 1.85 bits per heavy atom. The maximum absolute atomic E-state index is 6.22. The van der Waals surface area contributed by atoms with Gasteiger partial charge in [0.25, 0.3) is 5.22 Å². The van der Waals surface area contributed by atoms with Gasteiger partial charge >= 0.3 is 0 Å². The highest BCUT2D eigenvalue weighted by atomic mass is 35.5. The van der Waals surface area contributed by atoms with Crippen LogP contribution in [0.1, 0.15) is 5.69 Å². The number of fused-ring (bicyclic) bond motifs is 3. The molecule has 3 aromatic heterocycles. The van der Waals surface area contributed by atoms with Crippen molar-refractivity contribution >= 4 is 39.9 Å². The van der Waals surface area contributed by atoms with Crippen LogP contribution in [0.15, 0.2) is 69.3 Å². The van der Waals surface area contributed by atoms with Crippen molar-refractivity contribution in [2.24, 2.45) is 0 Å². The van der Waals surface area contributed by atoms with Gasteiger partial charge in [0.05, 0.1) is 21.8 Å². The van der Waals surface area contributed by atoms with Crippen LogP contribution in [0.25, 0.3) is 28.0 Å². The first-order valence-corrected chi connectivity index (χ1v) is 9.40. The minimum atomic E-state index is 0.383. The lowest BCUT2D eigenvalue weighted by atomic mass is 10.2. The molecule has 132 valence electrons. The Hall–Kier alpha value is -2.90. The van der Waals surface area contributed by atoms with Crippen LogP contribution in [0.4, 0.5) is 0 Å². The lowest BCUT2D eigenvalue weighted by Crippen LogP contribution is -1.95. The summed E-state index contributed by atoms with van der Waals surface area (Å²) < 4.78 is 7.66. The lowest BCUT2D eigenvalue weighted by Gasteiger charge is -2.05. The number of hydrogen-bond donors (Lipinski definition) is 0. The fourth-order valence-electron chi connectivity index (χ4n) is 2.90. The van der Waals surface area contributed by atoms with E-state index < -0.39 is 0 Å². The third kappa shape index (κ3) is 2.85.